The van der Waals surface area contributed by atoms with Crippen LogP contribution in [0, 0.1) is 19.8 Å². The Hall–Kier alpha value is -2.55. The highest BCUT2D eigenvalue weighted by molar-refractivity contribution is 5.90. The van der Waals surface area contributed by atoms with Crippen molar-refractivity contribution in [2.75, 3.05) is 0 Å². The molecular formula is C21H24O3. The Morgan fingerprint density at radius 2 is 1.67 bits per heavy atom. The predicted octanol–water partition coefficient (Wildman–Crippen LogP) is 5.01. The highest BCUT2D eigenvalue weighted by Crippen LogP contribution is 2.20. The molecule has 0 amide bonds. The van der Waals surface area contributed by atoms with Crippen molar-refractivity contribution in [3.63, 3.8) is 0 Å². The van der Waals surface area contributed by atoms with Crippen molar-refractivity contribution in [2.45, 2.75) is 34.1 Å². The first-order valence-corrected chi connectivity index (χ1v) is 8.13. The van der Waals surface area contributed by atoms with Gasteiger partial charge in [0, 0.05) is 0 Å². The molecule has 3 nitrogen and oxygen atoms in total. The summed E-state index contributed by atoms with van der Waals surface area (Å²) in [5, 5.41) is 9.41. The molecule has 2 rings (SSSR count). The number of aliphatic carboxylic acids is 1. The van der Waals surface area contributed by atoms with E-state index in [2.05, 4.69) is 13.8 Å². The van der Waals surface area contributed by atoms with Crippen molar-refractivity contribution in [3.05, 3.63) is 70.5 Å². The van der Waals surface area contributed by atoms with Crippen LogP contribution in [0.25, 0.3) is 6.08 Å². The van der Waals surface area contributed by atoms with Crippen molar-refractivity contribution in [3.8, 4) is 5.75 Å². The third-order valence-corrected chi connectivity index (χ3v) is 3.56. The van der Waals surface area contributed by atoms with Crippen LogP contribution in [0.15, 0.2) is 48.2 Å². The number of aryl methyl sites for hydroxylation is 2. The van der Waals surface area contributed by atoms with Crippen LogP contribution in [0.5, 0.6) is 5.75 Å². The van der Waals surface area contributed by atoms with Crippen molar-refractivity contribution >= 4 is 12.0 Å². The van der Waals surface area contributed by atoms with E-state index in [4.69, 9.17) is 4.74 Å². The van der Waals surface area contributed by atoms with E-state index in [-0.39, 0.29) is 5.76 Å². The molecule has 0 atom stereocenters. The Labute approximate surface area is 143 Å². The van der Waals surface area contributed by atoms with Gasteiger partial charge in [-0.25, -0.2) is 4.79 Å². The summed E-state index contributed by atoms with van der Waals surface area (Å²) in [6.07, 6.45) is 2.56. The molecule has 24 heavy (non-hydrogen) atoms. The van der Waals surface area contributed by atoms with Crippen LogP contribution >= 0.6 is 0 Å². The first-order chi connectivity index (χ1) is 11.3. The van der Waals surface area contributed by atoms with Gasteiger partial charge in [0.15, 0.2) is 0 Å². The Morgan fingerprint density at radius 3 is 2.17 bits per heavy atom. The lowest BCUT2D eigenvalue weighted by Gasteiger charge is -2.09. The number of hydrogen-bond acceptors (Lipinski definition) is 2. The number of carbonyl (C=O) groups is 1. The van der Waals surface area contributed by atoms with Crippen LogP contribution in [0.4, 0.5) is 0 Å². The van der Waals surface area contributed by atoms with Crippen LogP contribution in [0.3, 0.4) is 0 Å². The van der Waals surface area contributed by atoms with Gasteiger partial charge >= 0.3 is 5.97 Å². The van der Waals surface area contributed by atoms with Gasteiger partial charge in [-0.05, 0) is 66.6 Å². The van der Waals surface area contributed by atoms with Crippen molar-refractivity contribution in [1.29, 1.82) is 0 Å². The second-order valence-corrected chi connectivity index (χ2v) is 6.58. The molecule has 3 heteroatoms. The Kier molecular flexibility index (Phi) is 5.80. The molecule has 0 aromatic heterocycles. The number of hydrogen-bond donors (Lipinski definition) is 1. The lowest BCUT2D eigenvalue weighted by atomic mass is 10.0. The summed E-state index contributed by atoms with van der Waals surface area (Å²) in [5.74, 6) is -0.0385. The molecule has 0 aliphatic rings. The monoisotopic (exact) mass is 324 g/mol. The molecule has 0 fully saturated rings. The summed E-state index contributed by atoms with van der Waals surface area (Å²) < 4.78 is 5.60. The normalized spacial score (nSPS) is 11.6. The van der Waals surface area contributed by atoms with Gasteiger partial charge in [-0.15, -0.1) is 0 Å². The lowest BCUT2D eigenvalue weighted by Crippen LogP contribution is -2.08. The van der Waals surface area contributed by atoms with Gasteiger partial charge in [0.2, 0.25) is 5.76 Å². The molecule has 0 radical (unpaired) electrons. The van der Waals surface area contributed by atoms with Gasteiger partial charge in [-0.3, -0.25) is 0 Å². The van der Waals surface area contributed by atoms with Crippen LogP contribution in [0.2, 0.25) is 0 Å². The second kappa shape index (κ2) is 7.82. The number of rotatable bonds is 6. The van der Waals surface area contributed by atoms with Crippen LogP contribution in [0.1, 0.15) is 36.1 Å². The van der Waals surface area contributed by atoms with Gasteiger partial charge < -0.3 is 9.84 Å². The summed E-state index contributed by atoms with van der Waals surface area (Å²) >= 11 is 0. The third-order valence-electron chi connectivity index (χ3n) is 3.56. The first-order valence-electron chi connectivity index (χ1n) is 8.13. The van der Waals surface area contributed by atoms with E-state index >= 15 is 0 Å². The van der Waals surface area contributed by atoms with E-state index in [1.807, 2.05) is 56.3 Å². The van der Waals surface area contributed by atoms with Crippen LogP contribution in [-0.2, 0) is 11.2 Å². The minimum Gasteiger partial charge on any atom is -0.475 e. The molecule has 0 saturated heterocycles. The largest absolute Gasteiger partial charge is 0.475 e. The maximum absolute atomic E-state index is 11.5. The molecule has 0 unspecified atom stereocenters. The molecule has 0 spiro atoms. The number of benzene rings is 2. The maximum Gasteiger partial charge on any atom is 0.371 e. The van der Waals surface area contributed by atoms with Crippen molar-refractivity contribution in [2.24, 2.45) is 5.92 Å². The molecule has 1 N–H and O–H groups in total. The summed E-state index contributed by atoms with van der Waals surface area (Å²) in [6, 6.07) is 13.6. The highest BCUT2D eigenvalue weighted by atomic mass is 16.5. The Bertz CT molecular complexity index is 720. The maximum atomic E-state index is 11.5. The molecule has 2 aromatic carbocycles. The van der Waals surface area contributed by atoms with Gasteiger partial charge in [-0.2, -0.15) is 0 Å². The topological polar surface area (TPSA) is 46.5 Å². The molecular weight excluding hydrogens is 300 g/mol. The lowest BCUT2D eigenvalue weighted by molar-refractivity contribution is -0.134. The van der Waals surface area contributed by atoms with E-state index in [0.717, 1.165) is 23.1 Å². The number of carboxylic acids is 1. The van der Waals surface area contributed by atoms with Gasteiger partial charge in [-0.1, -0.05) is 44.2 Å². The summed E-state index contributed by atoms with van der Waals surface area (Å²) in [5.41, 5.74) is 4.12. The van der Waals surface area contributed by atoms with E-state index in [1.165, 1.54) is 5.56 Å². The number of carboxylic acid groups (broad SMARTS) is 1. The summed E-state index contributed by atoms with van der Waals surface area (Å²) in [6.45, 7) is 8.26. The zero-order valence-electron chi connectivity index (χ0n) is 14.7. The number of ether oxygens (including phenoxy) is 1. The standard InChI is InChI=1S/C21H24O3/c1-14(2)9-17-5-7-18(8-6-17)13-20(21(22)23)24-19-11-15(3)10-16(4)12-19/h5-8,10-14H,9H2,1-4H3,(H,22,23). The molecule has 0 aliphatic carbocycles. The SMILES string of the molecule is Cc1cc(C)cc(OC(=Cc2ccc(CC(C)C)cc2)C(=O)O)c1. The third kappa shape index (κ3) is 5.27. The molecule has 0 saturated carbocycles. The molecule has 0 heterocycles. The molecule has 2 aromatic rings. The van der Waals surface area contributed by atoms with Crippen LogP contribution < -0.4 is 4.74 Å². The van der Waals surface area contributed by atoms with E-state index < -0.39 is 5.97 Å². The van der Waals surface area contributed by atoms with Gasteiger partial charge in [0.1, 0.15) is 5.75 Å². The van der Waals surface area contributed by atoms with Crippen molar-refractivity contribution < 1.29 is 14.6 Å². The second-order valence-electron chi connectivity index (χ2n) is 6.58. The fourth-order valence-corrected chi connectivity index (χ4v) is 2.63. The summed E-state index contributed by atoms with van der Waals surface area (Å²) in [4.78, 5) is 11.5. The fourth-order valence-electron chi connectivity index (χ4n) is 2.63. The quantitative estimate of drug-likeness (QED) is 0.600. The highest BCUT2D eigenvalue weighted by Gasteiger charge is 2.11. The zero-order valence-corrected chi connectivity index (χ0v) is 14.7. The van der Waals surface area contributed by atoms with Gasteiger partial charge in [0.25, 0.3) is 0 Å². The molecule has 0 aliphatic heterocycles. The smallest absolute Gasteiger partial charge is 0.371 e. The predicted molar refractivity (Wildman–Crippen MR) is 97.1 cm³/mol. The van der Waals surface area contributed by atoms with E-state index in [9.17, 15) is 9.90 Å². The first kappa shape index (κ1) is 17.8. The molecule has 126 valence electrons. The minimum atomic E-state index is -1.08. The fraction of sp³-hybridized carbons (Fsp3) is 0.286. The van der Waals surface area contributed by atoms with E-state index in [0.29, 0.717) is 11.7 Å². The Morgan fingerprint density at radius 1 is 1.08 bits per heavy atom. The zero-order chi connectivity index (χ0) is 17.7. The van der Waals surface area contributed by atoms with E-state index in [1.54, 1.807) is 6.08 Å². The summed E-state index contributed by atoms with van der Waals surface area (Å²) in [7, 11) is 0. The average molecular weight is 324 g/mol. The van der Waals surface area contributed by atoms with Crippen LogP contribution in [-0.4, -0.2) is 11.1 Å². The average Bonchev–Trinajstić information content (AvgIpc) is 2.46. The Balaban J connectivity index is 2.23. The molecule has 0 bridgehead atoms. The van der Waals surface area contributed by atoms with Crippen molar-refractivity contribution in [1.82, 2.24) is 0 Å². The minimum absolute atomic E-state index is 0.0865. The van der Waals surface area contributed by atoms with Gasteiger partial charge in [0.05, 0.1) is 0 Å².